The third-order valence-corrected chi connectivity index (χ3v) is 3.64. The van der Waals surface area contributed by atoms with Crippen LogP contribution in [0.1, 0.15) is 16.1 Å². The fraction of sp³-hybridized carbons (Fsp3) is 0.105. The van der Waals surface area contributed by atoms with Crippen molar-refractivity contribution in [1.82, 2.24) is 9.78 Å². The second-order valence-electron chi connectivity index (χ2n) is 5.47. The van der Waals surface area contributed by atoms with Gasteiger partial charge >= 0.3 is 0 Å². The molecule has 1 aromatic heterocycles. The van der Waals surface area contributed by atoms with E-state index in [1.165, 1.54) is 24.1 Å². The lowest BCUT2D eigenvalue weighted by Crippen LogP contribution is -2.25. The van der Waals surface area contributed by atoms with Crippen LogP contribution in [0.3, 0.4) is 0 Å². The molecule has 0 radical (unpaired) electrons. The number of anilines is 1. The zero-order valence-electron chi connectivity index (χ0n) is 13.9. The molecular formula is C19H17N3O3. The average Bonchev–Trinajstić information content (AvgIpc) is 2.62. The van der Waals surface area contributed by atoms with Crippen molar-refractivity contribution in [2.45, 2.75) is 6.92 Å². The summed E-state index contributed by atoms with van der Waals surface area (Å²) in [6.45, 7) is 1.96. The van der Waals surface area contributed by atoms with E-state index in [2.05, 4.69) is 10.4 Å². The van der Waals surface area contributed by atoms with Gasteiger partial charge in [0.2, 0.25) is 5.43 Å². The number of hydrogen-bond acceptors (Lipinski definition) is 4. The standard InChI is InChI=1S/C19H17N3O3/c1-13-6-5-7-14(12-13)22-11-10-16(23)18(21-22)19(24)20-15-8-3-4-9-17(15)25-2/h3-12H,1-2H3,(H,20,24). The van der Waals surface area contributed by atoms with Crippen molar-refractivity contribution in [2.75, 3.05) is 12.4 Å². The second-order valence-corrected chi connectivity index (χ2v) is 5.47. The molecule has 0 aliphatic carbocycles. The molecule has 0 saturated carbocycles. The van der Waals surface area contributed by atoms with Gasteiger partial charge in [0.25, 0.3) is 5.91 Å². The molecule has 0 spiro atoms. The molecule has 25 heavy (non-hydrogen) atoms. The molecule has 0 aliphatic rings. The monoisotopic (exact) mass is 335 g/mol. The number of rotatable bonds is 4. The lowest BCUT2D eigenvalue weighted by molar-refractivity contribution is 0.101. The van der Waals surface area contributed by atoms with Crippen LogP contribution in [0.2, 0.25) is 0 Å². The van der Waals surface area contributed by atoms with E-state index in [4.69, 9.17) is 4.74 Å². The minimum Gasteiger partial charge on any atom is -0.495 e. The van der Waals surface area contributed by atoms with E-state index in [1.807, 2.05) is 31.2 Å². The molecule has 0 unspecified atom stereocenters. The number of nitrogens with one attached hydrogen (secondary N) is 1. The number of carbonyl (C=O) groups is 1. The third-order valence-electron chi connectivity index (χ3n) is 3.64. The fourth-order valence-corrected chi connectivity index (χ4v) is 2.41. The lowest BCUT2D eigenvalue weighted by Gasteiger charge is -2.10. The van der Waals surface area contributed by atoms with Crippen LogP contribution in [-0.2, 0) is 0 Å². The number of amides is 1. The van der Waals surface area contributed by atoms with Crippen LogP contribution < -0.4 is 15.5 Å². The van der Waals surface area contributed by atoms with E-state index < -0.39 is 11.3 Å². The zero-order valence-corrected chi connectivity index (χ0v) is 13.9. The first-order valence-corrected chi connectivity index (χ1v) is 7.70. The summed E-state index contributed by atoms with van der Waals surface area (Å²) in [5, 5.41) is 6.86. The molecule has 0 saturated heterocycles. The Morgan fingerprint density at radius 3 is 2.68 bits per heavy atom. The van der Waals surface area contributed by atoms with Crippen molar-refractivity contribution in [3.05, 3.63) is 82.3 Å². The molecule has 1 amide bonds. The Balaban J connectivity index is 1.95. The van der Waals surface area contributed by atoms with Gasteiger partial charge in [0.05, 0.1) is 18.5 Å². The summed E-state index contributed by atoms with van der Waals surface area (Å²) in [6, 6.07) is 15.9. The third kappa shape index (κ3) is 3.58. The van der Waals surface area contributed by atoms with E-state index in [1.54, 1.807) is 24.3 Å². The summed E-state index contributed by atoms with van der Waals surface area (Å²) >= 11 is 0. The number of nitrogens with zero attached hydrogens (tertiary/aromatic N) is 2. The summed E-state index contributed by atoms with van der Waals surface area (Å²) in [6.07, 6.45) is 1.54. The van der Waals surface area contributed by atoms with Gasteiger partial charge < -0.3 is 10.1 Å². The molecule has 0 fully saturated rings. The van der Waals surface area contributed by atoms with Crippen LogP contribution in [0.5, 0.6) is 5.75 Å². The number of aromatic nitrogens is 2. The molecule has 2 aromatic carbocycles. The summed E-state index contributed by atoms with van der Waals surface area (Å²) in [4.78, 5) is 24.6. The molecule has 0 bridgehead atoms. The normalized spacial score (nSPS) is 10.3. The zero-order chi connectivity index (χ0) is 17.8. The molecular weight excluding hydrogens is 318 g/mol. The van der Waals surface area contributed by atoms with Crippen LogP contribution in [0.4, 0.5) is 5.69 Å². The number of methoxy groups -OCH3 is 1. The summed E-state index contributed by atoms with van der Waals surface area (Å²) in [7, 11) is 1.51. The van der Waals surface area contributed by atoms with Gasteiger partial charge in [0.15, 0.2) is 5.69 Å². The molecule has 6 heteroatoms. The lowest BCUT2D eigenvalue weighted by atomic mass is 10.2. The SMILES string of the molecule is COc1ccccc1NC(=O)c1nn(-c2cccc(C)c2)ccc1=O. The molecule has 1 heterocycles. The number of hydrogen-bond donors (Lipinski definition) is 1. The van der Waals surface area contributed by atoms with Gasteiger partial charge in [-0.3, -0.25) is 9.59 Å². The smallest absolute Gasteiger partial charge is 0.280 e. The number of benzene rings is 2. The highest BCUT2D eigenvalue weighted by Crippen LogP contribution is 2.23. The van der Waals surface area contributed by atoms with Gasteiger partial charge in [-0.2, -0.15) is 5.10 Å². The van der Waals surface area contributed by atoms with Crippen molar-refractivity contribution in [3.63, 3.8) is 0 Å². The first-order valence-electron chi connectivity index (χ1n) is 7.70. The van der Waals surface area contributed by atoms with Gasteiger partial charge in [0.1, 0.15) is 5.75 Å². The quantitative estimate of drug-likeness (QED) is 0.796. The van der Waals surface area contributed by atoms with Gasteiger partial charge in [0, 0.05) is 12.3 Å². The van der Waals surface area contributed by atoms with Gasteiger partial charge in [-0.25, -0.2) is 4.68 Å². The first kappa shape index (κ1) is 16.4. The molecule has 0 aliphatic heterocycles. The maximum absolute atomic E-state index is 12.5. The van der Waals surface area contributed by atoms with Crippen molar-refractivity contribution in [1.29, 1.82) is 0 Å². The Bertz CT molecular complexity index is 979. The van der Waals surface area contributed by atoms with Crippen molar-refractivity contribution in [3.8, 4) is 11.4 Å². The number of ether oxygens (including phenoxy) is 1. The molecule has 126 valence electrons. The Kier molecular flexibility index (Phi) is 4.61. The van der Waals surface area contributed by atoms with E-state index >= 15 is 0 Å². The molecule has 3 aromatic rings. The maximum Gasteiger partial charge on any atom is 0.280 e. The average molecular weight is 335 g/mol. The summed E-state index contributed by atoms with van der Waals surface area (Å²) < 4.78 is 6.71. The Labute approximate surface area is 144 Å². The fourth-order valence-electron chi connectivity index (χ4n) is 2.41. The topological polar surface area (TPSA) is 73.2 Å². The molecule has 1 N–H and O–H groups in total. The van der Waals surface area contributed by atoms with Crippen LogP contribution in [0, 0.1) is 6.92 Å². The number of carbonyl (C=O) groups excluding carboxylic acids is 1. The summed E-state index contributed by atoms with van der Waals surface area (Å²) in [5.74, 6) is -0.0812. The highest BCUT2D eigenvalue weighted by Gasteiger charge is 2.15. The first-order chi connectivity index (χ1) is 12.1. The van der Waals surface area contributed by atoms with Gasteiger partial charge in [-0.1, -0.05) is 24.3 Å². The number of para-hydroxylation sites is 2. The Hall–Kier alpha value is -3.41. The van der Waals surface area contributed by atoms with Crippen LogP contribution in [-0.4, -0.2) is 22.8 Å². The van der Waals surface area contributed by atoms with Gasteiger partial charge in [-0.05, 0) is 36.8 Å². The predicted molar refractivity (Wildman–Crippen MR) is 95.5 cm³/mol. The Morgan fingerprint density at radius 1 is 1.12 bits per heavy atom. The van der Waals surface area contributed by atoms with E-state index in [0.717, 1.165) is 11.3 Å². The van der Waals surface area contributed by atoms with Crippen LogP contribution >= 0.6 is 0 Å². The highest BCUT2D eigenvalue weighted by atomic mass is 16.5. The Morgan fingerprint density at radius 2 is 1.92 bits per heavy atom. The molecule has 3 rings (SSSR count). The van der Waals surface area contributed by atoms with E-state index in [-0.39, 0.29) is 5.69 Å². The highest BCUT2D eigenvalue weighted by molar-refractivity contribution is 6.03. The summed E-state index contributed by atoms with van der Waals surface area (Å²) in [5.41, 5.74) is 1.66. The van der Waals surface area contributed by atoms with Crippen molar-refractivity contribution < 1.29 is 9.53 Å². The maximum atomic E-state index is 12.5. The van der Waals surface area contributed by atoms with Crippen LogP contribution in [0.25, 0.3) is 5.69 Å². The molecule has 6 nitrogen and oxygen atoms in total. The van der Waals surface area contributed by atoms with Crippen molar-refractivity contribution in [2.24, 2.45) is 0 Å². The second kappa shape index (κ2) is 7.00. The predicted octanol–water partition coefficient (Wildman–Crippen LogP) is 2.80. The minimum atomic E-state index is -0.587. The largest absolute Gasteiger partial charge is 0.495 e. The van der Waals surface area contributed by atoms with E-state index in [0.29, 0.717) is 11.4 Å². The number of aryl methyl sites for hydroxylation is 1. The minimum absolute atomic E-state index is 0.185. The van der Waals surface area contributed by atoms with Gasteiger partial charge in [-0.15, -0.1) is 0 Å². The van der Waals surface area contributed by atoms with Crippen LogP contribution in [0.15, 0.2) is 65.6 Å². The van der Waals surface area contributed by atoms with Crippen molar-refractivity contribution >= 4 is 11.6 Å². The molecule has 0 atom stereocenters. The van der Waals surface area contributed by atoms with E-state index in [9.17, 15) is 9.59 Å².